The van der Waals surface area contributed by atoms with Crippen molar-refractivity contribution in [1.82, 2.24) is 20.5 Å². The van der Waals surface area contributed by atoms with E-state index in [1.54, 1.807) is 0 Å². The maximum atomic E-state index is 12.6. The molecule has 2 heterocycles. The highest BCUT2D eigenvalue weighted by molar-refractivity contribution is 7.11. The van der Waals surface area contributed by atoms with Gasteiger partial charge in [-0.1, -0.05) is 13.8 Å². The molecule has 0 aliphatic carbocycles. The molecule has 8 heteroatoms. The Morgan fingerprint density at radius 3 is 2.86 bits per heavy atom. The molecule has 120 valence electrons. The van der Waals surface area contributed by atoms with Crippen molar-refractivity contribution in [2.24, 2.45) is 0 Å². The Morgan fingerprint density at radius 1 is 1.55 bits per heavy atom. The summed E-state index contributed by atoms with van der Waals surface area (Å²) in [5.41, 5.74) is 0.859. The molecule has 1 aromatic rings. The van der Waals surface area contributed by atoms with Crippen LogP contribution >= 0.6 is 11.3 Å². The molecule has 0 unspecified atom stereocenters. The van der Waals surface area contributed by atoms with Crippen molar-refractivity contribution in [2.75, 3.05) is 20.1 Å². The molecular formula is C14H20N4O3S. The molecule has 0 bridgehead atoms. The summed E-state index contributed by atoms with van der Waals surface area (Å²) in [6.07, 6.45) is -0.0452. The number of carbonyl (C=O) groups excluding carboxylic acids is 3. The fourth-order valence-corrected chi connectivity index (χ4v) is 3.14. The molecule has 1 aliphatic heterocycles. The van der Waals surface area contributed by atoms with Crippen molar-refractivity contribution in [2.45, 2.75) is 32.2 Å². The fourth-order valence-electron chi connectivity index (χ4n) is 2.21. The van der Waals surface area contributed by atoms with Gasteiger partial charge in [0.2, 0.25) is 11.8 Å². The average Bonchev–Trinajstić information content (AvgIpc) is 2.98. The Hall–Kier alpha value is -1.96. The number of nitrogens with one attached hydrogen (secondary N) is 2. The van der Waals surface area contributed by atoms with Gasteiger partial charge in [0.15, 0.2) is 5.01 Å². The summed E-state index contributed by atoms with van der Waals surface area (Å²) in [5, 5.41) is 7.39. The standard InChI is InChI=1S/C14H20N4O3S/c1-8(2)9-7-22-13(17-9)14(21)18-5-4-16-12(20)10(18)6-11(19)15-3/h7-8,10H,4-6H2,1-3H3,(H,15,19)(H,16,20)/t10-/m1/s1. The number of hydrogen-bond acceptors (Lipinski definition) is 5. The quantitative estimate of drug-likeness (QED) is 0.836. The maximum Gasteiger partial charge on any atom is 0.283 e. The van der Waals surface area contributed by atoms with Gasteiger partial charge in [-0.3, -0.25) is 14.4 Å². The first-order chi connectivity index (χ1) is 10.4. The topological polar surface area (TPSA) is 91.4 Å². The minimum atomic E-state index is -0.785. The number of carbonyl (C=O) groups is 3. The molecule has 2 N–H and O–H groups in total. The van der Waals surface area contributed by atoms with Crippen molar-refractivity contribution in [3.8, 4) is 0 Å². The van der Waals surface area contributed by atoms with Crippen LogP contribution in [-0.2, 0) is 9.59 Å². The Balaban J connectivity index is 2.20. The van der Waals surface area contributed by atoms with Crippen LogP contribution < -0.4 is 10.6 Å². The maximum absolute atomic E-state index is 12.6. The zero-order chi connectivity index (χ0) is 16.3. The summed E-state index contributed by atoms with van der Waals surface area (Å²) >= 11 is 1.27. The van der Waals surface area contributed by atoms with E-state index in [2.05, 4.69) is 15.6 Å². The molecule has 7 nitrogen and oxygen atoms in total. The van der Waals surface area contributed by atoms with Crippen LogP contribution in [0.4, 0.5) is 0 Å². The van der Waals surface area contributed by atoms with Crippen LogP contribution in [0.2, 0.25) is 0 Å². The molecule has 0 saturated carbocycles. The molecule has 1 fully saturated rings. The Kier molecular flexibility index (Phi) is 5.12. The predicted octanol–water partition coefficient (Wildman–Crippen LogP) is 0.343. The summed E-state index contributed by atoms with van der Waals surface area (Å²) in [7, 11) is 1.50. The zero-order valence-corrected chi connectivity index (χ0v) is 13.7. The predicted molar refractivity (Wildman–Crippen MR) is 82.7 cm³/mol. The lowest BCUT2D eigenvalue weighted by molar-refractivity contribution is -0.132. The van der Waals surface area contributed by atoms with Crippen molar-refractivity contribution >= 4 is 29.1 Å². The third-order valence-corrected chi connectivity index (χ3v) is 4.39. The molecule has 3 amide bonds. The number of thiazole rings is 1. The third-order valence-electron chi connectivity index (χ3n) is 3.55. The summed E-state index contributed by atoms with van der Waals surface area (Å²) in [4.78, 5) is 42.0. The van der Waals surface area contributed by atoms with Gasteiger partial charge < -0.3 is 15.5 Å². The van der Waals surface area contributed by atoms with E-state index in [4.69, 9.17) is 0 Å². The van der Waals surface area contributed by atoms with E-state index in [0.717, 1.165) is 5.69 Å². The first kappa shape index (κ1) is 16.4. The average molecular weight is 324 g/mol. The number of hydrogen-bond donors (Lipinski definition) is 2. The molecule has 2 rings (SSSR count). The molecular weight excluding hydrogens is 304 g/mol. The Morgan fingerprint density at radius 2 is 2.27 bits per heavy atom. The van der Waals surface area contributed by atoms with Gasteiger partial charge in [0.25, 0.3) is 5.91 Å². The molecule has 1 atom stereocenters. The van der Waals surface area contributed by atoms with Gasteiger partial charge in [-0.05, 0) is 5.92 Å². The van der Waals surface area contributed by atoms with E-state index < -0.39 is 6.04 Å². The molecule has 1 saturated heterocycles. The largest absolute Gasteiger partial charge is 0.359 e. The number of amides is 3. The van der Waals surface area contributed by atoms with Crippen molar-refractivity contribution in [3.05, 3.63) is 16.1 Å². The molecule has 22 heavy (non-hydrogen) atoms. The van der Waals surface area contributed by atoms with Crippen LogP contribution in [-0.4, -0.2) is 53.8 Å². The Bertz CT molecular complexity index is 584. The van der Waals surface area contributed by atoms with Crippen LogP contribution in [0.15, 0.2) is 5.38 Å². The minimum absolute atomic E-state index is 0.0452. The van der Waals surface area contributed by atoms with Crippen LogP contribution in [0.1, 0.15) is 41.7 Å². The second-order valence-electron chi connectivity index (χ2n) is 5.41. The molecule has 0 radical (unpaired) electrons. The number of piperazine rings is 1. The van der Waals surface area contributed by atoms with Gasteiger partial charge in [0.1, 0.15) is 6.04 Å². The molecule has 1 aliphatic rings. The first-order valence-electron chi connectivity index (χ1n) is 7.18. The van der Waals surface area contributed by atoms with Crippen LogP contribution in [0.3, 0.4) is 0 Å². The highest BCUT2D eigenvalue weighted by Crippen LogP contribution is 2.21. The lowest BCUT2D eigenvalue weighted by Crippen LogP contribution is -2.58. The van der Waals surface area contributed by atoms with E-state index in [1.807, 2.05) is 19.2 Å². The van der Waals surface area contributed by atoms with E-state index in [9.17, 15) is 14.4 Å². The number of aromatic nitrogens is 1. The van der Waals surface area contributed by atoms with Crippen LogP contribution in [0.5, 0.6) is 0 Å². The SMILES string of the molecule is CNC(=O)C[C@@H]1C(=O)NCCN1C(=O)c1nc(C(C)C)cs1. The minimum Gasteiger partial charge on any atom is -0.359 e. The third kappa shape index (κ3) is 3.44. The van der Waals surface area contributed by atoms with Crippen molar-refractivity contribution in [1.29, 1.82) is 0 Å². The Labute approximate surface area is 133 Å². The normalized spacial score (nSPS) is 18.3. The smallest absolute Gasteiger partial charge is 0.283 e. The lowest BCUT2D eigenvalue weighted by atomic mass is 10.1. The number of nitrogens with zero attached hydrogens (tertiary/aromatic N) is 2. The van der Waals surface area contributed by atoms with Gasteiger partial charge in [0, 0.05) is 25.5 Å². The zero-order valence-electron chi connectivity index (χ0n) is 12.9. The highest BCUT2D eigenvalue weighted by atomic mass is 32.1. The second kappa shape index (κ2) is 6.87. The summed E-state index contributed by atoms with van der Waals surface area (Å²) < 4.78 is 0. The van der Waals surface area contributed by atoms with E-state index in [-0.39, 0.29) is 30.1 Å². The van der Waals surface area contributed by atoms with Crippen LogP contribution in [0.25, 0.3) is 0 Å². The van der Waals surface area contributed by atoms with Gasteiger partial charge in [0.05, 0.1) is 12.1 Å². The molecule has 1 aromatic heterocycles. The van der Waals surface area contributed by atoms with E-state index in [0.29, 0.717) is 18.1 Å². The molecule has 0 spiro atoms. The van der Waals surface area contributed by atoms with Gasteiger partial charge in [-0.15, -0.1) is 11.3 Å². The summed E-state index contributed by atoms with van der Waals surface area (Å²) in [6.45, 7) is 4.78. The highest BCUT2D eigenvalue weighted by Gasteiger charge is 2.35. The fraction of sp³-hybridized carbons (Fsp3) is 0.571. The monoisotopic (exact) mass is 324 g/mol. The summed E-state index contributed by atoms with van der Waals surface area (Å²) in [6, 6.07) is -0.785. The van der Waals surface area contributed by atoms with E-state index >= 15 is 0 Å². The van der Waals surface area contributed by atoms with Crippen molar-refractivity contribution < 1.29 is 14.4 Å². The van der Waals surface area contributed by atoms with Gasteiger partial charge in [-0.25, -0.2) is 4.98 Å². The second-order valence-corrected chi connectivity index (χ2v) is 6.27. The lowest BCUT2D eigenvalue weighted by Gasteiger charge is -2.34. The first-order valence-corrected chi connectivity index (χ1v) is 8.06. The van der Waals surface area contributed by atoms with Gasteiger partial charge in [-0.2, -0.15) is 0 Å². The molecule has 0 aromatic carbocycles. The number of rotatable bonds is 4. The van der Waals surface area contributed by atoms with Gasteiger partial charge >= 0.3 is 0 Å². The van der Waals surface area contributed by atoms with E-state index in [1.165, 1.54) is 23.3 Å². The van der Waals surface area contributed by atoms with Crippen molar-refractivity contribution in [3.63, 3.8) is 0 Å². The summed E-state index contributed by atoms with van der Waals surface area (Å²) in [5.74, 6) is -0.629. The van der Waals surface area contributed by atoms with Crippen LogP contribution in [0, 0.1) is 0 Å².